The van der Waals surface area contributed by atoms with Crippen LogP contribution in [0.1, 0.15) is 31.3 Å². The van der Waals surface area contributed by atoms with Crippen LogP contribution < -0.4 is 9.88 Å². The van der Waals surface area contributed by atoms with Crippen molar-refractivity contribution in [3.8, 4) is 10.6 Å². The van der Waals surface area contributed by atoms with Gasteiger partial charge in [-0.15, -0.1) is 27.8 Å². The van der Waals surface area contributed by atoms with Crippen LogP contribution in [0.15, 0.2) is 64.4 Å². The lowest BCUT2D eigenvalue weighted by molar-refractivity contribution is -0.574. The van der Waals surface area contributed by atoms with Crippen molar-refractivity contribution < 1.29 is 18.9 Å². The standard InChI is InChI=1S/C22H20ClN3O3S/c1-22(2,3)29-21(28)26-18(12-30-20(26)13-5-4-8-24-10-13)19(27)16-11-25-17-9-14(23)6-7-15(16)17/h4-12,17,25H,1-3H3. The Morgan fingerprint density at radius 3 is 2.90 bits per heavy atom. The van der Waals surface area contributed by atoms with Crippen molar-refractivity contribution in [1.82, 2.24) is 10.3 Å². The summed E-state index contributed by atoms with van der Waals surface area (Å²) in [7, 11) is 0. The van der Waals surface area contributed by atoms with Crippen LogP contribution in [0.5, 0.6) is 0 Å². The number of aromatic nitrogens is 2. The summed E-state index contributed by atoms with van der Waals surface area (Å²) < 4.78 is 6.93. The largest absolute Gasteiger partial charge is 0.550 e. The molecule has 6 nitrogen and oxygen atoms in total. The molecule has 1 atom stereocenters. The maximum atomic E-state index is 13.5. The van der Waals surface area contributed by atoms with Crippen molar-refractivity contribution >= 4 is 34.8 Å². The fourth-order valence-corrected chi connectivity index (χ4v) is 4.38. The molecule has 3 heterocycles. The summed E-state index contributed by atoms with van der Waals surface area (Å²) in [6.45, 7) is 5.36. The van der Waals surface area contributed by atoms with Gasteiger partial charge in [0.2, 0.25) is 28.2 Å². The van der Waals surface area contributed by atoms with Crippen LogP contribution in [0.2, 0.25) is 0 Å². The highest BCUT2D eigenvalue weighted by molar-refractivity contribution is 7.13. The molecule has 0 saturated heterocycles. The molecule has 154 valence electrons. The van der Waals surface area contributed by atoms with Gasteiger partial charge in [0.15, 0.2) is 0 Å². The van der Waals surface area contributed by atoms with E-state index in [9.17, 15) is 9.59 Å². The lowest BCUT2D eigenvalue weighted by Crippen LogP contribution is -2.50. The Labute approximate surface area is 183 Å². The Bertz CT molecular complexity index is 1110. The number of halogens is 1. The van der Waals surface area contributed by atoms with Crippen LogP contribution in [0.4, 0.5) is 4.79 Å². The summed E-state index contributed by atoms with van der Waals surface area (Å²) in [6.07, 6.45) is 9.77. The number of ketones is 1. The van der Waals surface area contributed by atoms with Gasteiger partial charge in [0, 0.05) is 11.8 Å². The zero-order valence-electron chi connectivity index (χ0n) is 16.7. The molecule has 0 radical (unpaired) electrons. The fourth-order valence-electron chi connectivity index (χ4n) is 3.22. The smallest absolute Gasteiger partial charge is 0.435 e. The summed E-state index contributed by atoms with van der Waals surface area (Å²) in [4.78, 5) is 30.7. The van der Waals surface area contributed by atoms with Crippen LogP contribution >= 0.6 is 22.9 Å². The van der Waals surface area contributed by atoms with Gasteiger partial charge in [-0.2, -0.15) is 12.5 Å². The van der Waals surface area contributed by atoms with Crippen LogP contribution in [0.25, 0.3) is 10.6 Å². The van der Waals surface area contributed by atoms with E-state index in [-0.39, 0.29) is 17.5 Å². The van der Waals surface area contributed by atoms with Crippen LogP contribution in [0, 0.1) is 6.42 Å². The lowest BCUT2D eigenvalue weighted by Gasteiger charge is -2.24. The first-order valence-corrected chi connectivity index (χ1v) is 10.6. The van der Waals surface area contributed by atoms with Crippen LogP contribution in [-0.4, -0.2) is 28.5 Å². The Balaban J connectivity index is 1.76. The molecular formula is C22H20ClN3O3S. The number of thiazole rings is 1. The van der Waals surface area contributed by atoms with E-state index in [4.69, 9.17) is 16.3 Å². The molecule has 30 heavy (non-hydrogen) atoms. The second-order valence-corrected chi connectivity index (χ2v) is 9.15. The molecule has 0 saturated carbocycles. The highest BCUT2D eigenvalue weighted by Crippen LogP contribution is 2.31. The van der Waals surface area contributed by atoms with E-state index in [1.807, 2.05) is 18.2 Å². The average molecular weight is 442 g/mol. The minimum absolute atomic E-state index is 0.159. The molecule has 4 rings (SSSR count). The number of carbonyl (C=O) groups excluding carboxylic acids is 2. The van der Waals surface area contributed by atoms with Crippen LogP contribution in [0.3, 0.4) is 0 Å². The molecule has 1 aliphatic carbocycles. The molecule has 0 bridgehead atoms. The summed E-state index contributed by atoms with van der Waals surface area (Å²) in [5.74, 6) is -0.270. The molecule has 2 aromatic rings. The number of rotatable bonds is 3. The molecule has 1 unspecified atom stereocenters. The third-order valence-electron chi connectivity index (χ3n) is 4.49. The van der Waals surface area contributed by atoms with Gasteiger partial charge in [-0.1, -0.05) is 17.2 Å². The zero-order chi connectivity index (χ0) is 21.5. The quantitative estimate of drug-likeness (QED) is 0.334. The molecule has 0 amide bonds. The van der Waals surface area contributed by atoms with Gasteiger partial charge in [0.25, 0.3) is 0 Å². The molecule has 2 aliphatic rings. The minimum Gasteiger partial charge on any atom is -0.435 e. The van der Waals surface area contributed by atoms with Crippen molar-refractivity contribution in [3.05, 3.63) is 76.6 Å². The monoisotopic (exact) mass is 441 g/mol. The highest BCUT2D eigenvalue weighted by Gasteiger charge is 2.39. The van der Waals surface area contributed by atoms with Gasteiger partial charge in [0.1, 0.15) is 5.60 Å². The fraction of sp³-hybridized carbons (Fsp3) is 0.227. The number of hydrogen-bond acceptors (Lipinski definition) is 5. The first-order chi connectivity index (χ1) is 14.2. The number of pyridine rings is 1. The van der Waals surface area contributed by atoms with Crippen molar-refractivity contribution in [2.45, 2.75) is 32.4 Å². The van der Waals surface area contributed by atoms with E-state index in [1.54, 1.807) is 57.2 Å². The number of carbonyl (C=O) groups is 2. The number of hydrogen-bond donors (Lipinski definition) is 1. The normalized spacial score (nSPS) is 17.7. The molecule has 8 heteroatoms. The number of fused-ring (bicyclic) bond motifs is 1. The van der Waals surface area contributed by atoms with Gasteiger partial charge >= 0.3 is 11.1 Å². The predicted molar refractivity (Wildman–Crippen MR) is 115 cm³/mol. The van der Waals surface area contributed by atoms with E-state index >= 15 is 0 Å². The third kappa shape index (κ3) is 3.91. The SMILES string of the molecule is CC(C)(C)OC(=O)[n+]1c(C(=O)C2=CNC3C=C(Cl)[CH-]C=C23)c[s+][c-]1-c1cccnc1. The third-order valence-corrected chi connectivity index (χ3v) is 5.72. The van der Waals surface area contributed by atoms with E-state index in [0.29, 0.717) is 15.6 Å². The summed E-state index contributed by atoms with van der Waals surface area (Å²) >= 11 is 7.36. The Hall–Kier alpha value is -2.90. The van der Waals surface area contributed by atoms with Gasteiger partial charge < -0.3 is 10.1 Å². The van der Waals surface area contributed by atoms with Crippen molar-refractivity contribution in [2.75, 3.05) is 0 Å². The second-order valence-electron chi connectivity index (χ2n) is 7.86. The molecule has 2 aromatic heterocycles. The molecule has 1 N–H and O–H groups in total. The number of Topliss-reactive ketones (excluding diaryl/α,β-unsaturated/α-hetero) is 1. The highest BCUT2D eigenvalue weighted by atomic mass is 35.5. The van der Waals surface area contributed by atoms with Crippen molar-refractivity contribution in [2.24, 2.45) is 0 Å². The number of nitrogens with zero attached hydrogens (tertiary/aromatic N) is 2. The summed E-state index contributed by atoms with van der Waals surface area (Å²) in [6, 6.07) is 3.46. The van der Waals surface area contributed by atoms with E-state index in [0.717, 1.165) is 11.1 Å². The number of ether oxygens (including phenoxy) is 1. The van der Waals surface area contributed by atoms with Gasteiger partial charge in [-0.05, 0) is 44.8 Å². The summed E-state index contributed by atoms with van der Waals surface area (Å²) in [5.41, 5.74) is 1.56. The molecule has 1 aliphatic heterocycles. The maximum Gasteiger partial charge on any atom is 0.550 e. The average Bonchev–Trinajstić information content (AvgIpc) is 3.31. The summed E-state index contributed by atoms with van der Waals surface area (Å²) in [5, 5.41) is 6.02. The number of nitrogens with one attached hydrogen (secondary N) is 1. The maximum absolute atomic E-state index is 13.5. The Morgan fingerprint density at radius 2 is 2.20 bits per heavy atom. The number of allylic oxidation sites excluding steroid dienone is 2. The van der Waals surface area contributed by atoms with Gasteiger partial charge in [-0.25, -0.2) is 4.79 Å². The van der Waals surface area contributed by atoms with Crippen molar-refractivity contribution in [1.29, 1.82) is 0 Å². The first-order valence-electron chi connectivity index (χ1n) is 9.35. The topological polar surface area (TPSA) is 72.2 Å². The van der Waals surface area contributed by atoms with Crippen molar-refractivity contribution in [3.63, 3.8) is 0 Å². The van der Waals surface area contributed by atoms with E-state index in [1.165, 1.54) is 15.9 Å². The van der Waals surface area contributed by atoms with E-state index < -0.39 is 11.7 Å². The van der Waals surface area contributed by atoms with Crippen LogP contribution in [-0.2, 0) is 4.74 Å². The molecule has 0 fully saturated rings. The molecule has 0 spiro atoms. The van der Waals surface area contributed by atoms with E-state index in [2.05, 4.69) is 10.3 Å². The van der Waals surface area contributed by atoms with Gasteiger partial charge in [-0.3, -0.25) is 9.78 Å². The minimum atomic E-state index is -0.708. The first kappa shape index (κ1) is 20.4. The Morgan fingerprint density at radius 1 is 1.40 bits per heavy atom. The predicted octanol–water partition coefficient (Wildman–Crippen LogP) is 4.19. The second kappa shape index (κ2) is 7.74. The molecule has 0 aromatic carbocycles. The zero-order valence-corrected chi connectivity index (χ0v) is 18.3. The molecular weight excluding hydrogens is 422 g/mol. The van der Waals surface area contributed by atoms with Gasteiger partial charge in [0.05, 0.1) is 0 Å². The lowest BCUT2D eigenvalue weighted by atomic mass is 9.93. The Kier molecular flexibility index (Phi) is 5.26.